The third-order valence-corrected chi connectivity index (χ3v) is 7.88. The van der Waals surface area contributed by atoms with E-state index in [0.717, 1.165) is 37.9 Å². The maximum Gasteiger partial charge on any atom is 0.243 e. The third kappa shape index (κ3) is 4.10. The Hall–Kier alpha value is -1.48. The van der Waals surface area contributed by atoms with Crippen molar-refractivity contribution in [3.05, 3.63) is 29.3 Å². The van der Waals surface area contributed by atoms with E-state index in [2.05, 4.69) is 4.90 Å². The zero-order valence-corrected chi connectivity index (χ0v) is 17.3. The fraction of sp³-hybridized carbons (Fsp3) is 0.650. The van der Waals surface area contributed by atoms with E-state index in [-0.39, 0.29) is 12.0 Å². The van der Waals surface area contributed by atoms with Gasteiger partial charge in [-0.25, -0.2) is 8.42 Å². The molecule has 154 valence electrons. The van der Waals surface area contributed by atoms with Gasteiger partial charge in [-0.1, -0.05) is 6.07 Å². The Bertz CT molecular complexity index is 834. The van der Waals surface area contributed by atoms with Crippen molar-refractivity contribution in [2.24, 2.45) is 0 Å². The summed E-state index contributed by atoms with van der Waals surface area (Å²) in [5.41, 5.74) is 2.43. The minimum atomic E-state index is -3.50. The lowest BCUT2D eigenvalue weighted by Gasteiger charge is -2.36. The largest absolute Gasteiger partial charge is 0.376 e. The number of ether oxygens (including phenoxy) is 1. The summed E-state index contributed by atoms with van der Waals surface area (Å²) in [6.07, 6.45) is 3.25. The zero-order chi connectivity index (χ0) is 19.7. The van der Waals surface area contributed by atoms with Crippen molar-refractivity contribution in [1.82, 2.24) is 14.1 Å². The summed E-state index contributed by atoms with van der Waals surface area (Å²) in [6, 6.07) is 5.53. The summed E-state index contributed by atoms with van der Waals surface area (Å²) in [6.45, 7) is 6.17. The predicted octanol–water partition coefficient (Wildman–Crippen LogP) is 0.729. The number of sulfonamides is 1. The van der Waals surface area contributed by atoms with Gasteiger partial charge in [-0.3, -0.25) is 9.69 Å². The molecule has 4 rings (SSSR count). The number of morpholine rings is 1. The molecule has 0 aromatic heterocycles. The third-order valence-electron chi connectivity index (χ3n) is 5.98. The summed E-state index contributed by atoms with van der Waals surface area (Å²) in [5, 5.41) is 0. The van der Waals surface area contributed by atoms with Crippen LogP contribution in [0.25, 0.3) is 0 Å². The number of nitrogens with zero attached hydrogens (tertiary/aromatic N) is 3. The van der Waals surface area contributed by atoms with Crippen LogP contribution in [0.1, 0.15) is 24.5 Å². The predicted molar refractivity (Wildman–Crippen MR) is 106 cm³/mol. The molecule has 1 amide bonds. The molecule has 1 aromatic rings. The lowest BCUT2D eigenvalue weighted by Crippen LogP contribution is -2.53. The smallest absolute Gasteiger partial charge is 0.243 e. The molecular weight excluding hydrogens is 378 g/mol. The molecule has 1 aliphatic carbocycles. The van der Waals surface area contributed by atoms with Gasteiger partial charge in [0.1, 0.15) is 0 Å². The van der Waals surface area contributed by atoms with E-state index >= 15 is 0 Å². The van der Waals surface area contributed by atoms with Crippen LogP contribution < -0.4 is 0 Å². The van der Waals surface area contributed by atoms with E-state index in [1.807, 2.05) is 19.1 Å². The van der Waals surface area contributed by atoms with Crippen molar-refractivity contribution < 1.29 is 17.9 Å². The summed E-state index contributed by atoms with van der Waals surface area (Å²) in [5.74, 6) is 0.0729. The van der Waals surface area contributed by atoms with Crippen molar-refractivity contribution >= 4 is 15.9 Å². The molecule has 0 spiro atoms. The Balaban J connectivity index is 1.35. The first-order valence-electron chi connectivity index (χ1n) is 10.2. The van der Waals surface area contributed by atoms with Crippen molar-refractivity contribution in [2.75, 3.05) is 52.4 Å². The standard InChI is InChI=1S/C20H29N3O4S/c1-16-14-21(11-12-27-16)15-20(24)22-7-9-23(10-8-22)28(25,26)19-6-5-17-3-2-4-18(17)13-19/h5-6,13,16H,2-4,7-12,14-15H2,1H3/t16-/m1/s1. The SMILES string of the molecule is C[C@@H]1CN(CC(=O)N2CCN(S(=O)(=O)c3ccc4c(c3)CCC4)CC2)CCO1. The molecule has 0 saturated carbocycles. The molecule has 28 heavy (non-hydrogen) atoms. The number of hydrogen-bond acceptors (Lipinski definition) is 5. The second kappa shape index (κ2) is 8.10. The minimum Gasteiger partial charge on any atom is -0.376 e. The maximum absolute atomic E-state index is 13.0. The first-order valence-corrected chi connectivity index (χ1v) is 11.6. The Kier molecular flexibility index (Phi) is 5.73. The molecule has 2 heterocycles. The Morgan fingerprint density at radius 3 is 2.61 bits per heavy atom. The Morgan fingerprint density at radius 1 is 1.11 bits per heavy atom. The molecule has 0 bridgehead atoms. The molecule has 0 N–H and O–H groups in total. The molecule has 0 unspecified atom stereocenters. The zero-order valence-electron chi connectivity index (χ0n) is 16.5. The van der Waals surface area contributed by atoms with Gasteiger partial charge in [0.2, 0.25) is 15.9 Å². The lowest BCUT2D eigenvalue weighted by molar-refractivity contribution is -0.135. The average Bonchev–Trinajstić information content (AvgIpc) is 3.16. The van der Waals surface area contributed by atoms with E-state index in [1.165, 1.54) is 9.87 Å². The molecule has 1 aromatic carbocycles. The number of piperazine rings is 1. The summed E-state index contributed by atoms with van der Waals surface area (Å²) in [4.78, 5) is 16.9. The van der Waals surface area contributed by atoms with Crippen LogP contribution in [-0.2, 0) is 32.4 Å². The highest BCUT2D eigenvalue weighted by Crippen LogP contribution is 2.26. The Morgan fingerprint density at radius 2 is 1.86 bits per heavy atom. The molecule has 2 aliphatic heterocycles. The van der Waals surface area contributed by atoms with Crippen LogP contribution in [-0.4, -0.2) is 87.0 Å². The lowest BCUT2D eigenvalue weighted by atomic mass is 10.1. The number of amides is 1. The number of benzene rings is 1. The van der Waals surface area contributed by atoms with Crippen molar-refractivity contribution in [3.8, 4) is 0 Å². The summed E-state index contributed by atoms with van der Waals surface area (Å²) >= 11 is 0. The minimum absolute atomic E-state index is 0.0729. The van der Waals surface area contributed by atoms with Gasteiger partial charge in [0.15, 0.2) is 0 Å². The monoisotopic (exact) mass is 407 g/mol. The quantitative estimate of drug-likeness (QED) is 0.736. The topological polar surface area (TPSA) is 70.2 Å². The number of fused-ring (bicyclic) bond motifs is 1. The highest BCUT2D eigenvalue weighted by atomic mass is 32.2. The molecule has 2 saturated heterocycles. The van der Waals surface area contributed by atoms with E-state index in [9.17, 15) is 13.2 Å². The van der Waals surface area contributed by atoms with Crippen molar-refractivity contribution in [3.63, 3.8) is 0 Å². The fourth-order valence-corrected chi connectivity index (χ4v) is 5.83. The van der Waals surface area contributed by atoms with Gasteiger partial charge in [-0.2, -0.15) is 4.31 Å². The van der Waals surface area contributed by atoms with Crippen LogP contribution in [0.15, 0.2) is 23.1 Å². The first-order chi connectivity index (χ1) is 13.4. The van der Waals surface area contributed by atoms with Gasteiger partial charge < -0.3 is 9.64 Å². The molecule has 8 heteroatoms. The number of rotatable bonds is 4. The van der Waals surface area contributed by atoms with Crippen LogP contribution in [0.4, 0.5) is 0 Å². The van der Waals surface area contributed by atoms with Gasteiger partial charge in [0, 0.05) is 39.3 Å². The maximum atomic E-state index is 13.0. The highest BCUT2D eigenvalue weighted by Gasteiger charge is 2.31. The molecule has 7 nitrogen and oxygen atoms in total. The van der Waals surface area contributed by atoms with Crippen molar-refractivity contribution in [1.29, 1.82) is 0 Å². The summed E-state index contributed by atoms with van der Waals surface area (Å²) < 4.78 is 33.1. The summed E-state index contributed by atoms with van der Waals surface area (Å²) in [7, 11) is -3.50. The molecular formula is C20H29N3O4S. The first kappa shape index (κ1) is 19.8. The Labute approximate surface area is 167 Å². The van der Waals surface area contributed by atoms with Gasteiger partial charge in [-0.15, -0.1) is 0 Å². The average molecular weight is 408 g/mol. The van der Waals surface area contributed by atoms with Gasteiger partial charge in [0.25, 0.3) is 0 Å². The fourth-order valence-electron chi connectivity index (χ4n) is 4.36. The number of carbonyl (C=O) groups is 1. The number of carbonyl (C=O) groups excluding carboxylic acids is 1. The van der Waals surface area contributed by atoms with Gasteiger partial charge in [0.05, 0.1) is 24.2 Å². The second-order valence-corrected chi connectivity index (χ2v) is 9.92. The molecule has 3 aliphatic rings. The molecule has 1 atom stereocenters. The van der Waals surface area contributed by atoms with Crippen LogP contribution in [0, 0.1) is 0 Å². The van der Waals surface area contributed by atoms with E-state index in [0.29, 0.717) is 44.2 Å². The molecule has 0 radical (unpaired) electrons. The van der Waals surface area contributed by atoms with Gasteiger partial charge in [-0.05, 0) is 49.4 Å². The second-order valence-electron chi connectivity index (χ2n) is 7.99. The van der Waals surface area contributed by atoms with Crippen LogP contribution >= 0.6 is 0 Å². The number of aryl methyl sites for hydroxylation is 2. The van der Waals surface area contributed by atoms with Crippen LogP contribution in [0.5, 0.6) is 0 Å². The molecule has 2 fully saturated rings. The van der Waals surface area contributed by atoms with E-state index < -0.39 is 10.0 Å². The normalized spacial score (nSPS) is 24.3. The highest BCUT2D eigenvalue weighted by molar-refractivity contribution is 7.89. The van der Waals surface area contributed by atoms with Crippen LogP contribution in [0.3, 0.4) is 0 Å². The van der Waals surface area contributed by atoms with E-state index in [1.54, 1.807) is 11.0 Å². The van der Waals surface area contributed by atoms with Gasteiger partial charge >= 0.3 is 0 Å². The van der Waals surface area contributed by atoms with Crippen LogP contribution in [0.2, 0.25) is 0 Å². The van der Waals surface area contributed by atoms with Crippen molar-refractivity contribution in [2.45, 2.75) is 37.2 Å². The number of hydrogen-bond donors (Lipinski definition) is 0. The van der Waals surface area contributed by atoms with E-state index in [4.69, 9.17) is 4.74 Å².